The highest BCUT2D eigenvalue weighted by atomic mass is 32.1. The van der Waals surface area contributed by atoms with Gasteiger partial charge in [-0.15, -0.1) is 0 Å². The Morgan fingerprint density at radius 3 is 0.980 bits per heavy atom. The Labute approximate surface area is 911 Å². The van der Waals surface area contributed by atoms with Crippen molar-refractivity contribution in [2.75, 3.05) is 74.6 Å². The molecule has 3 aliphatic rings. The zero-order valence-electron chi connectivity index (χ0n) is 97.6. The van der Waals surface area contributed by atoms with Crippen molar-refractivity contribution in [2.24, 2.45) is 29.1 Å². The average molecular weight is 2110 g/mol. The number of amides is 9. The van der Waals surface area contributed by atoms with Crippen LogP contribution in [0.1, 0.15) is 479 Å². The second-order valence-corrected chi connectivity index (χ2v) is 48.5. The molecule has 4 aromatic rings. The largest absolute Gasteiger partial charge is 0.348 e. The molecule has 9 amide bonds. The molecule has 0 fully saturated rings. The molecule has 0 aliphatic carbocycles. The summed E-state index contributed by atoms with van der Waals surface area (Å²) in [6.45, 7) is 61.0. The van der Waals surface area contributed by atoms with E-state index in [1.54, 1.807) is 118 Å². The summed E-state index contributed by atoms with van der Waals surface area (Å²) in [7, 11) is 2.78. The monoisotopic (exact) mass is 2110 g/mol. The van der Waals surface area contributed by atoms with Gasteiger partial charge >= 0.3 is 0 Å². The number of carbonyl (C=O) groups is 9. The van der Waals surface area contributed by atoms with Crippen LogP contribution in [0.15, 0.2) is 80.5 Å². The van der Waals surface area contributed by atoms with Crippen molar-refractivity contribution < 1.29 is 43.2 Å². The lowest BCUT2D eigenvalue weighted by Gasteiger charge is -2.38. The van der Waals surface area contributed by atoms with E-state index in [1.807, 2.05) is 25.1 Å². The fourth-order valence-electron chi connectivity index (χ4n) is 19.2. The number of carbonyl (C=O) groups excluding carboxylic acids is 9. The number of hydrazine groups is 3. The van der Waals surface area contributed by atoms with E-state index in [0.717, 1.165) is 163 Å². The lowest BCUT2D eigenvalue weighted by molar-refractivity contribution is -0.173. The van der Waals surface area contributed by atoms with Gasteiger partial charge in [0.1, 0.15) is 34.9 Å². The van der Waals surface area contributed by atoms with Crippen molar-refractivity contribution in [1.82, 2.24) is 45.0 Å². The number of anilines is 3. The Bertz CT molecular complexity index is 5240. The predicted octanol–water partition coefficient (Wildman–Crippen LogP) is 30.3. The Hall–Kier alpha value is -9.75. The summed E-state index contributed by atoms with van der Waals surface area (Å²) >= 11 is 4.74. The molecule has 826 valence electrons. The minimum Gasteiger partial charge on any atom is -0.348 e. The molecule has 4 atom stereocenters. The van der Waals surface area contributed by atoms with Crippen LogP contribution in [0, 0.1) is 63.1 Å². The van der Waals surface area contributed by atoms with E-state index in [1.165, 1.54) is 219 Å². The van der Waals surface area contributed by atoms with Crippen LogP contribution in [-0.2, 0) is 54.6 Å². The normalized spacial score (nSPS) is 15.5. The number of thiazole rings is 3. The first-order chi connectivity index (χ1) is 70.7. The third-order valence-corrected chi connectivity index (χ3v) is 32.1. The second-order valence-electron chi connectivity index (χ2n) is 45.4. The fourth-order valence-corrected chi connectivity index (χ4v) is 22.9. The van der Waals surface area contributed by atoms with Gasteiger partial charge in [-0.25, -0.2) is 30.0 Å². The molecule has 3 aromatic heterocycles. The minimum atomic E-state index is -0.833. The molecular weight excluding hydrogens is 1920 g/mol. The Morgan fingerprint density at radius 1 is 0.376 bits per heavy atom. The first kappa shape index (κ1) is 130. The van der Waals surface area contributed by atoms with Crippen molar-refractivity contribution in [3.8, 4) is 18.2 Å². The number of imide groups is 3. The molecular formula is C122H191N15O9S3. The first-order valence-corrected chi connectivity index (χ1v) is 59.5. The van der Waals surface area contributed by atoms with Crippen LogP contribution in [0.4, 0.5) is 15.4 Å². The maximum Gasteiger partial charge on any atom is 0.290 e. The highest BCUT2D eigenvalue weighted by Crippen LogP contribution is 2.45. The van der Waals surface area contributed by atoms with Gasteiger partial charge in [0.05, 0.1) is 31.7 Å². The molecule has 4 unspecified atom stereocenters. The molecule has 3 aliphatic heterocycles. The molecule has 0 bridgehead atoms. The van der Waals surface area contributed by atoms with E-state index in [-0.39, 0.29) is 62.1 Å². The van der Waals surface area contributed by atoms with Crippen molar-refractivity contribution in [3.63, 3.8) is 0 Å². The number of benzene rings is 1. The zero-order valence-corrected chi connectivity index (χ0v) is 100. The molecule has 27 heteroatoms. The summed E-state index contributed by atoms with van der Waals surface area (Å²) in [5, 5.41) is 38.8. The number of unbranched alkanes of at least 4 members (excludes halogenated alkanes) is 23. The first-order valence-electron chi connectivity index (χ1n) is 57.1. The maximum atomic E-state index is 14.2. The molecule has 0 radical (unpaired) electrons. The van der Waals surface area contributed by atoms with Gasteiger partial charge in [0.2, 0.25) is 11.8 Å². The molecule has 0 saturated heterocycles. The fraction of sp³-hybridized carbons (Fsp3) is 0.680. The third kappa shape index (κ3) is 38.5. The third-order valence-electron chi connectivity index (χ3n) is 28.9. The van der Waals surface area contributed by atoms with Crippen molar-refractivity contribution >= 4 is 121 Å². The van der Waals surface area contributed by atoms with Gasteiger partial charge < -0.3 is 14.7 Å². The lowest BCUT2D eigenvalue weighted by atomic mass is 9.88. The summed E-state index contributed by atoms with van der Waals surface area (Å²) in [5.41, 5.74) is 2.59. The van der Waals surface area contributed by atoms with Crippen LogP contribution < -0.4 is 14.7 Å². The lowest BCUT2D eigenvalue weighted by Crippen LogP contribution is -2.57. The predicted molar refractivity (Wildman–Crippen MR) is 618 cm³/mol. The van der Waals surface area contributed by atoms with Crippen LogP contribution in [0.25, 0.3) is 18.2 Å². The van der Waals surface area contributed by atoms with Gasteiger partial charge in [-0.05, 0) is 143 Å². The standard InChI is InChI=1S/C47H71N5O3S.C38H61N5O3S.C37H59N5O3S/c1-8-10-12-14-16-18-20-22-24-29-33-51(34-30-25-23-21-19-17-15-13-11-9-2)46-49-42(47(4,5)6)41(56-46)35-39-37(3)40(36-48)45(55)52(44(39)54)50(7)43(53)38-31-27-26-28-32-38;1-13-18-20-27(15-3)24-41(25-28(16-4)21-19-14-2)36-40-32(37(7,8)9)31(47-36)22-29-26(6)30(23-39)34(45)43(33(29)44)42(17-5)35(46)38(10,11)12;1-11-16-19-27(14-4)24-41(25-28(15-5)20-17-12-2)36-39-33(37(7,8)9)32(46-36)22-30-29(21-18-13-3)31(23-38)35(45)42(34(30)44)40(10)26(6)43/h26-28,31-32,35H,8-25,29-30,33-34H2,1-7H3;22,27-28H,13-21,24-25H2,1-12H3;22,27-28H,11-21,24-25H2,1-10H3/b39-35-;29-22-;30-22-. The highest BCUT2D eigenvalue weighted by molar-refractivity contribution is 7.17. The summed E-state index contributed by atoms with van der Waals surface area (Å²) in [6.07, 6.45) is 51.9. The van der Waals surface area contributed by atoms with Gasteiger partial charge in [-0.3, -0.25) is 43.2 Å². The van der Waals surface area contributed by atoms with Gasteiger partial charge in [0.25, 0.3) is 41.4 Å². The van der Waals surface area contributed by atoms with E-state index in [9.17, 15) is 58.9 Å². The molecule has 0 saturated carbocycles. The van der Waals surface area contributed by atoms with Crippen LogP contribution in [0.3, 0.4) is 0 Å². The van der Waals surface area contributed by atoms with Crippen molar-refractivity contribution in [1.29, 1.82) is 15.8 Å². The van der Waals surface area contributed by atoms with Gasteiger partial charge in [-0.1, -0.05) is 411 Å². The number of nitriles is 3. The van der Waals surface area contributed by atoms with Gasteiger partial charge in [0.15, 0.2) is 15.4 Å². The molecule has 7 rings (SSSR count). The topological polar surface area (TPSA) is 293 Å². The molecule has 6 heterocycles. The number of aromatic nitrogens is 3. The molecule has 149 heavy (non-hydrogen) atoms. The number of rotatable bonds is 60. The van der Waals surface area contributed by atoms with Crippen LogP contribution in [-0.4, -0.2) is 158 Å². The van der Waals surface area contributed by atoms with Gasteiger partial charge in [0, 0.05) is 111 Å². The Kier molecular flexibility index (Phi) is 56.5. The zero-order chi connectivity index (χ0) is 111. The van der Waals surface area contributed by atoms with Crippen molar-refractivity contribution in [3.05, 3.63) is 118 Å². The summed E-state index contributed by atoms with van der Waals surface area (Å²) in [6, 6.07) is 14.6. The summed E-state index contributed by atoms with van der Waals surface area (Å²) in [4.78, 5) is 148. The van der Waals surface area contributed by atoms with E-state index >= 15 is 0 Å². The average Bonchev–Trinajstić information content (AvgIpc) is 1.76. The second kappa shape index (κ2) is 64.9. The Morgan fingerprint density at radius 2 is 0.671 bits per heavy atom. The number of hydrogen-bond acceptors (Lipinski definition) is 21. The van der Waals surface area contributed by atoms with E-state index in [2.05, 4.69) is 152 Å². The van der Waals surface area contributed by atoms with Crippen LogP contribution in [0.5, 0.6) is 0 Å². The molecule has 1 aromatic carbocycles. The summed E-state index contributed by atoms with van der Waals surface area (Å²) in [5.74, 6) is -3.26. The highest BCUT2D eigenvalue weighted by Gasteiger charge is 2.46. The minimum absolute atomic E-state index is 0.0838. The SMILES string of the molecule is CCCCC(CC)CN(CC(CC)CCCC)c1nc(C(C)(C)C)c(/C=C2\C(=O)N(N(CC)C(=O)C(C)(C)C)C(=O)C(C#N)=C2C)s1.CCCCC1=C(C#N)C(=O)N(N(C)C(C)=O)C(=O)/C1=C\c1sc(N(CC(CC)CCCC)CC(CC)CCCC)nc1C(C)(C)C.CCCCCCCCCCCCN(CCCCCCCCCCCC)c1nc(C(C)(C)C)c(/C=C2\C(=O)N(N(C)C(=O)c3ccccc3)C(=O)C(C#N)=C2C)s1. The molecule has 0 spiro atoms. The quantitative estimate of drug-likeness (QED) is 0.0225. The summed E-state index contributed by atoms with van der Waals surface area (Å²) < 4.78 is 0. The number of hydrogen-bond donors (Lipinski definition) is 0. The van der Waals surface area contributed by atoms with E-state index < -0.39 is 52.7 Å². The van der Waals surface area contributed by atoms with Crippen molar-refractivity contribution in [2.45, 2.75) is 454 Å². The van der Waals surface area contributed by atoms with E-state index in [4.69, 9.17) is 15.0 Å². The Balaban J connectivity index is 0.000000395. The van der Waals surface area contributed by atoms with Gasteiger partial charge in [-0.2, -0.15) is 30.8 Å². The smallest absolute Gasteiger partial charge is 0.290 e. The molecule has 0 N–H and O–H groups in total. The van der Waals surface area contributed by atoms with Crippen LogP contribution in [0.2, 0.25) is 0 Å². The van der Waals surface area contributed by atoms with Crippen LogP contribution >= 0.6 is 34.0 Å². The number of nitrogens with zero attached hydrogens (tertiary/aromatic N) is 15. The maximum absolute atomic E-state index is 14.2. The molecule has 24 nitrogen and oxygen atoms in total. The van der Waals surface area contributed by atoms with E-state index in [0.29, 0.717) is 52.4 Å².